The second-order valence-electron chi connectivity index (χ2n) is 7.43. The second-order valence-corrected chi connectivity index (χ2v) is 9.37. The Morgan fingerprint density at radius 1 is 1.23 bits per heavy atom. The normalized spacial score (nSPS) is 23.4. The number of aromatic carboxylic acids is 1. The number of hydrogen-bond acceptors (Lipinski definition) is 4. The van der Waals surface area contributed by atoms with Crippen molar-refractivity contribution in [2.45, 2.75) is 44.0 Å². The van der Waals surface area contributed by atoms with Crippen molar-refractivity contribution in [2.75, 3.05) is 26.2 Å². The molecule has 1 heterocycles. The zero-order valence-electron chi connectivity index (χ0n) is 15.1. The lowest BCUT2D eigenvalue weighted by atomic mass is 9.91. The Kier molecular flexibility index (Phi) is 5.37. The summed E-state index contributed by atoms with van der Waals surface area (Å²) in [6, 6.07) is 2.53. The van der Waals surface area contributed by atoms with Gasteiger partial charge in [-0.15, -0.1) is 0 Å². The molecule has 0 bridgehead atoms. The SMILES string of the molecule is Cc1c(F)cc(S(=O)(=O)N2CCN(C3CCC3)CC(C)C2)cc1C(=O)O. The van der Waals surface area contributed by atoms with E-state index in [9.17, 15) is 22.7 Å². The maximum absolute atomic E-state index is 14.1. The van der Waals surface area contributed by atoms with Gasteiger partial charge in [0.05, 0.1) is 10.5 Å². The molecule has 3 rings (SSSR count). The molecule has 144 valence electrons. The van der Waals surface area contributed by atoms with E-state index in [0.717, 1.165) is 31.5 Å². The van der Waals surface area contributed by atoms with Crippen LogP contribution in [0.5, 0.6) is 0 Å². The minimum Gasteiger partial charge on any atom is -0.478 e. The van der Waals surface area contributed by atoms with Gasteiger partial charge in [0, 0.05) is 32.2 Å². The van der Waals surface area contributed by atoms with Gasteiger partial charge in [0.25, 0.3) is 0 Å². The van der Waals surface area contributed by atoms with Crippen molar-refractivity contribution in [1.29, 1.82) is 0 Å². The van der Waals surface area contributed by atoms with E-state index in [1.54, 1.807) is 0 Å². The summed E-state index contributed by atoms with van der Waals surface area (Å²) in [4.78, 5) is 13.4. The predicted octanol–water partition coefficient (Wildman–Crippen LogP) is 2.33. The molecule has 1 N–H and O–H groups in total. The molecule has 6 nitrogen and oxygen atoms in total. The summed E-state index contributed by atoms with van der Waals surface area (Å²) in [5.41, 5.74) is -0.376. The van der Waals surface area contributed by atoms with Crippen LogP contribution in [0.2, 0.25) is 0 Å². The molecular weight excluding hydrogens is 359 g/mol. The van der Waals surface area contributed by atoms with Crippen molar-refractivity contribution in [2.24, 2.45) is 5.92 Å². The standard InChI is InChI=1S/C18H25FN2O4S/c1-12-10-20(14-4-3-5-14)6-7-21(11-12)26(24,25)15-8-16(18(22)23)13(2)17(19)9-15/h8-9,12,14H,3-7,10-11H2,1-2H3,(H,22,23). The summed E-state index contributed by atoms with van der Waals surface area (Å²) in [6.07, 6.45) is 3.54. The highest BCUT2D eigenvalue weighted by atomic mass is 32.2. The summed E-state index contributed by atoms with van der Waals surface area (Å²) >= 11 is 0. The Bertz CT molecular complexity index is 808. The fourth-order valence-corrected chi connectivity index (χ4v) is 5.29. The topological polar surface area (TPSA) is 77.9 Å². The smallest absolute Gasteiger partial charge is 0.336 e. The van der Waals surface area contributed by atoms with Crippen LogP contribution in [0.15, 0.2) is 17.0 Å². The van der Waals surface area contributed by atoms with Gasteiger partial charge in [-0.3, -0.25) is 4.90 Å². The highest BCUT2D eigenvalue weighted by Crippen LogP contribution is 2.29. The summed E-state index contributed by atoms with van der Waals surface area (Å²) < 4.78 is 41.6. The minimum atomic E-state index is -3.95. The van der Waals surface area contributed by atoms with Gasteiger partial charge < -0.3 is 5.11 Å². The largest absolute Gasteiger partial charge is 0.478 e. The first-order valence-corrected chi connectivity index (χ1v) is 10.4. The van der Waals surface area contributed by atoms with E-state index in [2.05, 4.69) is 4.90 Å². The quantitative estimate of drug-likeness (QED) is 0.862. The first-order valence-electron chi connectivity index (χ1n) is 8.97. The van der Waals surface area contributed by atoms with Gasteiger partial charge in [-0.05, 0) is 43.4 Å². The van der Waals surface area contributed by atoms with Crippen molar-refractivity contribution in [1.82, 2.24) is 9.21 Å². The van der Waals surface area contributed by atoms with Crippen LogP contribution in [0.25, 0.3) is 0 Å². The first kappa shape index (κ1) is 19.3. The van der Waals surface area contributed by atoms with E-state index in [1.807, 2.05) is 6.92 Å². The van der Waals surface area contributed by atoms with Crippen LogP contribution in [-0.2, 0) is 10.0 Å². The molecule has 2 fully saturated rings. The lowest BCUT2D eigenvalue weighted by Gasteiger charge is -2.37. The van der Waals surface area contributed by atoms with Crippen LogP contribution in [0.1, 0.15) is 42.1 Å². The zero-order chi connectivity index (χ0) is 19.1. The minimum absolute atomic E-state index is 0.0585. The lowest BCUT2D eigenvalue weighted by Crippen LogP contribution is -2.43. The maximum atomic E-state index is 14.1. The van der Waals surface area contributed by atoms with Crippen LogP contribution in [0, 0.1) is 18.7 Å². The summed E-state index contributed by atoms with van der Waals surface area (Å²) in [5.74, 6) is -2.00. The number of halogens is 1. The number of benzene rings is 1. The van der Waals surface area contributed by atoms with Gasteiger partial charge in [0.1, 0.15) is 5.82 Å². The highest BCUT2D eigenvalue weighted by molar-refractivity contribution is 7.89. The molecule has 1 aromatic rings. The third-order valence-electron chi connectivity index (χ3n) is 5.48. The number of nitrogens with zero attached hydrogens (tertiary/aromatic N) is 2. The Morgan fingerprint density at radius 2 is 1.92 bits per heavy atom. The van der Waals surface area contributed by atoms with Crippen LogP contribution >= 0.6 is 0 Å². The van der Waals surface area contributed by atoms with Crippen molar-refractivity contribution in [3.8, 4) is 0 Å². The van der Waals surface area contributed by atoms with Crippen molar-refractivity contribution in [3.05, 3.63) is 29.1 Å². The molecule has 0 spiro atoms. The van der Waals surface area contributed by atoms with Crippen LogP contribution in [-0.4, -0.2) is 60.9 Å². The molecule has 0 radical (unpaired) electrons. The first-order chi connectivity index (χ1) is 12.2. The third kappa shape index (κ3) is 3.63. The van der Waals surface area contributed by atoms with Gasteiger partial charge in [0.2, 0.25) is 10.0 Å². The van der Waals surface area contributed by atoms with Gasteiger partial charge in [-0.25, -0.2) is 17.6 Å². The van der Waals surface area contributed by atoms with E-state index < -0.39 is 21.8 Å². The van der Waals surface area contributed by atoms with E-state index in [4.69, 9.17) is 0 Å². The van der Waals surface area contributed by atoms with Crippen molar-refractivity contribution >= 4 is 16.0 Å². The van der Waals surface area contributed by atoms with Crippen LogP contribution in [0.4, 0.5) is 4.39 Å². The van der Waals surface area contributed by atoms with E-state index in [0.29, 0.717) is 25.7 Å². The number of rotatable bonds is 4. The molecule has 2 aliphatic rings. The summed E-state index contributed by atoms with van der Waals surface area (Å²) in [7, 11) is -3.95. The molecule has 8 heteroatoms. The van der Waals surface area contributed by atoms with Gasteiger partial charge >= 0.3 is 5.97 Å². The second kappa shape index (κ2) is 7.25. The lowest BCUT2D eigenvalue weighted by molar-refractivity contribution is 0.0695. The van der Waals surface area contributed by atoms with Gasteiger partial charge in [0.15, 0.2) is 0 Å². The van der Waals surface area contributed by atoms with Gasteiger partial charge in [-0.2, -0.15) is 4.31 Å². The third-order valence-corrected chi connectivity index (χ3v) is 7.32. The Morgan fingerprint density at radius 3 is 2.50 bits per heavy atom. The molecule has 0 aromatic heterocycles. The number of hydrogen-bond donors (Lipinski definition) is 1. The number of carboxylic acids is 1. The molecule has 1 unspecified atom stereocenters. The molecule has 1 aromatic carbocycles. The van der Waals surface area contributed by atoms with Crippen LogP contribution in [0.3, 0.4) is 0 Å². The summed E-state index contributed by atoms with van der Waals surface area (Å²) in [5, 5.41) is 9.23. The average molecular weight is 384 g/mol. The highest BCUT2D eigenvalue weighted by Gasteiger charge is 2.34. The Labute approximate surface area is 153 Å². The molecule has 1 saturated carbocycles. The molecule has 1 atom stereocenters. The Hall–Kier alpha value is -1.51. The number of carbonyl (C=O) groups is 1. The predicted molar refractivity (Wildman–Crippen MR) is 95.2 cm³/mol. The molecular formula is C18H25FN2O4S. The van der Waals surface area contributed by atoms with E-state index in [1.165, 1.54) is 17.6 Å². The van der Waals surface area contributed by atoms with Crippen molar-refractivity contribution in [3.63, 3.8) is 0 Å². The van der Waals surface area contributed by atoms with E-state index >= 15 is 0 Å². The number of sulfonamides is 1. The maximum Gasteiger partial charge on any atom is 0.336 e. The van der Waals surface area contributed by atoms with Crippen molar-refractivity contribution < 1.29 is 22.7 Å². The van der Waals surface area contributed by atoms with Gasteiger partial charge in [-0.1, -0.05) is 13.3 Å². The Balaban J connectivity index is 1.89. The molecule has 0 amide bonds. The monoisotopic (exact) mass is 384 g/mol. The molecule has 26 heavy (non-hydrogen) atoms. The molecule has 1 aliphatic heterocycles. The summed E-state index contributed by atoms with van der Waals surface area (Å²) in [6.45, 7) is 5.52. The molecule has 1 aliphatic carbocycles. The average Bonchev–Trinajstić information content (AvgIpc) is 2.69. The fourth-order valence-electron chi connectivity index (χ4n) is 3.70. The fraction of sp³-hybridized carbons (Fsp3) is 0.611. The number of carboxylic acid groups (broad SMARTS) is 1. The molecule has 1 saturated heterocycles. The van der Waals surface area contributed by atoms with Crippen LogP contribution < -0.4 is 0 Å². The zero-order valence-corrected chi connectivity index (χ0v) is 15.9. The van der Waals surface area contributed by atoms with E-state index in [-0.39, 0.29) is 21.9 Å².